The molecule has 1 aliphatic heterocycles. The van der Waals surface area contributed by atoms with Crippen molar-refractivity contribution in [2.75, 3.05) is 35.0 Å². The Morgan fingerprint density at radius 3 is 2.17 bits per heavy atom. The number of aliphatic hydroxyl groups is 1. The molecule has 0 saturated carbocycles. The normalized spacial score (nSPS) is 24.1. The molecule has 1 aromatic heterocycles. The molecule has 0 aromatic carbocycles. The van der Waals surface area contributed by atoms with E-state index >= 15 is 0 Å². The molecule has 1 aliphatic rings. The maximum Gasteiger partial charge on any atom is 0.492 e. The van der Waals surface area contributed by atoms with Gasteiger partial charge < -0.3 is 14.6 Å². The van der Waals surface area contributed by atoms with Crippen LogP contribution in [-0.4, -0.2) is 68.2 Å². The summed E-state index contributed by atoms with van der Waals surface area (Å²) in [5, 5.41) is 10.3. The number of ether oxygens (including phenoxy) is 1. The van der Waals surface area contributed by atoms with Crippen molar-refractivity contribution in [3.8, 4) is 0 Å². The van der Waals surface area contributed by atoms with Gasteiger partial charge in [0, 0.05) is 53.0 Å². The van der Waals surface area contributed by atoms with Crippen LogP contribution in [0.25, 0.3) is 0 Å². The van der Waals surface area contributed by atoms with Crippen LogP contribution in [0.15, 0.2) is 15.8 Å². The predicted octanol–water partition coefficient (Wildman–Crippen LogP) is 0.886. The van der Waals surface area contributed by atoms with Gasteiger partial charge in [-0.05, 0) is 0 Å². The Morgan fingerprint density at radius 2 is 1.63 bits per heavy atom. The number of rotatable bonds is 14. The molecule has 200 valence electrons. The monoisotopic (exact) mass is 566 g/mol. The van der Waals surface area contributed by atoms with Gasteiger partial charge in [-0.3, -0.25) is 37.0 Å². The Kier molecular flexibility index (Phi) is 10.5. The van der Waals surface area contributed by atoms with Gasteiger partial charge in [-0.15, -0.1) is 0 Å². The van der Waals surface area contributed by atoms with Gasteiger partial charge in [-0.2, -0.15) is 8.62 Å². The number of hydrogen-bond acceptors (Lipinski definition) is 15. The van der Waals surface area contributed by atoms with Crippen LogP contribution in [0.2, 0.25) is 0 Å². The molecule has 0 amide bonds. The summed E-state index contributed by atoms with van der Waals surface area (Å²) in [6, 6.07) is 0. The van der Waals surface area contributed by atoms with E-state index in [0.29, 0.717) is 6.29 Å². The van der Waals surface area contributed by atoms with Gasteiger partial charge in [0.2, 0.25) is 0 Å². The number of phosphoric ester groups is 2. The summed E-state index contributed by atoms with van der Waals surface area (Å²) in [4.78, 5) is 36.7. The molecular formula is C15H25N2O15P3. The molecule has 0 spiro atoms. The third-order valence-electron chi connectivity index (χ3n) is 4.55. The molecule has 17 nitrogen and oxygen atoms in total. The minimum atomic E-state index is -4.89. The third-order valence-corrected chi connectivity index (χ3v) is 10.0. The van der Waals surface area contributed by atoms with Gasteiger partial charge in [0.15, 0.2) is 0 Å². The number of nitrogens with zero attached hydrogens (tertiary/aromatic N) is 1. The Labute approximate surface area is 198 Å². The van der Waals surface area contributed by atoms with Crippen molar-refractivity contribution in [2.45, 2.75) is 31.3 Å². The maximum atomic E-state index is 12.8. The van der Waals surface area contributed by atoms with E-state index < -0.39 is 59.8 Å². The summed E-state index contributed by atoms with van der Waals surface area (Å²) in [6.45, 7) is -0.669. The van der Waals surface area contributed by atoms with Gasteiger partial charge >= 0.3 is 29.2 Å². The smallest absolute Gasteiger partial charge is 0.390 e. The zero-order valence-electron chi connectivity index (χ0n) is 19.0. The van der Waals surface area contributed by atoms with Crippen LogP contribution in [0.5, 0.6) is 0 Å². The lowest BCUT2D eigenvalue weighted by Gasteiger charge is -2.24. The first-order valence-electron chi connectivity index (χ1n) is 9.58. The molecule has 0 aliphatic carbocycles. The lowest BCUT2D eigenvalue weighted by atomic mass is 10.2. The Balaban J connectivity index is 2.14. The number of aromatic nitrogens is 2. The minimum Gasteiger partial charge on any atom is -0.390 e. The quantitative estimate of drug-likeness (QED) is 0.236. The molecule has 2 rings (SSSR count). The number of aliphatic hydroxyl groups excluding tert-OH is 1. The molecule has 20 heteroatoms. The van der Waals surface area contributed by atoms with Crippen molar-refractivity contribution in [3.05, 3.63) is 32.6 Å². The zero-order valence-corrected chi connectivity index (χ0v) is 21.6. The topological polar surface area (TPSA) is 217 Å². The standard InChI is InChI=1S/C15H25N2O15P3/c1-25-33(22,26-2)31-35(24,28-4)32-34(23,27-3)29-9-12-11(19)7-13(30-12)17-8-10(5-6-18)14(20)16-15(17)21/h6,8,11-13,19H,5,7,9H2,1-4H3,(H,16,20,21)/t11?,12-,13-,34?,35?/m1/s1. The van der Waals surface area contributed by atoms with Crippen molar-refractivity contribution in [2.24, 2.45) is 0 Å². The zero-order chi connectivity index (χ0) is 26.4. The fourth-order valence-electron chi connectivity index (χ4n) is 2.75. The van der Waals surface area contributed by atoms with Crippen molar-refractivity contribution in [1.29, 1.82) is 0 Å². The van der Waals surface area contributed by atoms with Gasteiger partial charge in [-0.1, -0.05) is 0 Å². The van der Waals surface area contributed by atoms with Gasteiger partial charge in [0.1, 0.15) is 18.6 Å². The molecule has 2 N–H and O–H groups in total. The highest BCUT2D eigenvalue weighted by Crippen LogP contribution is 2.72. The van der Waals surface area contributed by atoms with Crippen LogP contribution in [-0.2, 0) is 60.9 Å². The molecule has 1 fully saturated rings. The number of hydrogen-bond donors (Lipinski definition) is 2. The van der Waals surface area contributed by atoms with Crippen molar-refractivity contribution < 1.29 is 59.6 Å². The Bertz CT molecular complexity index is 1140. The summed E-state index contributed by atoms with van der Waals surface area (Å²) >= 11 is 0. The highest BCUT2D eigenvalue weighted by Gasteiger charge is 2.46. The van der Waals surface area contributed by atoms with Gasteiger partial charge in [0.05, 0.1) is 12.7 Å². The van der Waals surface area contributed by atoms with Crippen LogP contribution in [0.4, 0.5) is 0 Å². The average molecular weight is 566 g/mol. The number of carbonyl (C=O) groups excluding carboxylic acids is 1. The lowest BCUT2D eigenvalue weighted by molar-refractivity contribution is -0.107. The van der Waals surface area contributed by atoms with E-state index in [0.717, 1.165) is 39.2 Å². The molecule has 0 bridgehead atoms. The van der Waals surface area contributed by atoms with E-state index in [1.165, 1.54) is 0 Å². The van der Waals surface area contributed by atoms with E-state index in [1.807, 2.05) is 4.98 Å². The van der Waals surface area contributed by atoms with Crippen molar-refractivity contribution >= 4 is 29.8 Å². The van der Waals surface area contributed by atoms with Crippen LogP contribution < -0.4 is 11.2 Å². The van der Waals surface area contributed by atoms with E-state index in [2.05, 4.69) is 22.4 Å². The molecule has 0 radical (unpaired) electrons. The summed E-state index contributed by atoms with van der Waals surface area (Å²) in [6.07, 6.45) is -2.36. The summed E-state index contributed by atoms with van der Waals surface area (Å²) in [7, 11) is -10.5. The SMILES string of the molecule is COP(=O)(OC)OP(=O)(OC)OP(=O)(OC)OC[C@H]1O[C@@H](n2cc(CC=O)c(=O)[nH]c2=O)CC1O. The first-order valence-corrected chi connectivity index (χ1v) is 14.0. The average Bonchev–Trinajstić information content (AvgIpc) is 3.19. The number of nitrogens with one attached hydrogen (secondary N) is 1. The molecule has 5 atom stereocenters. The second-order valence-electron chi connectivity index (χ2n) is 6.65. The van der Waals surface area contributed by atoms with Crippen LogP contribution in [0.3, 0.4) is 0 Å². The van der Waals surface area contributed by atoms with Crippen LogP contribution >= 0.6 is 23.5 Å². The Hall–Kier alpha value is -1.32. The largest absolute Gasteiger partial charge is 0.492 e. The van der Waals surface area contributed by atoms with E-state index in [9.17, 15) is 33.2 Å². The lowest BCUT2D eigenvalue weighted by Crippen LogP contribution is -2.34. The van der Waals surface area contributed by atoms with E-state index in [1.54, 1.807) is 0 Å². The van der Waals surface area contributed by atoms with Gasteiger partial charge in [-0.25, -0.2) is 18.5 Å². The van der Waals surface area contributed by atoms with Crippen molar-refractivity contribution in [3.63, 3.8) is 0 Å². The fourth-order valence-corrected chi connectivity index (χ4v) is 7.21. The molecular weight excluding hydrogens is 541 g/mol. The summed E-state index contributed by atoms with van der Waals surface area (Å²) in [5.41, 5.74) is -1.60. The first kappa shape index (κ1) is 29.9. The second kappa shape index (κ2) is 12.3. The number of aromatic amines is 1. The van der Waals surface area contributed by atoms with Crippen molar-refractivity contribution in [1.82, 2.24) is 9.55 Å². The summed E-state index contributed by atoms with van der Waals surface area (Å²) < 4.78 is 76.6. The molecule has 2 heterocycles. The second-order valence-corrected chi connectivity index (χ2v) is 12.4. The number of phosphoric acid groups is 3. The van der Waals surface area contributed by atoms with Gasteiger partial charge in [0.25, 0.3) is 5.56 Å². The van der Waals surface area contributed by atoms with E-state index in [-0.39, 0.29) is 18.4 Å². The Morgan fingerprint density at radius 1 is 1.06 bits per heavy atom. The number of carbonyl (C=O) groups is 1. The van der Waals surface area contributed by atoms with Crippen LogP contribution in [0, 0.1) is 0 Å². The van der Waals surface area contributed by atoms with E-state index in [4.69, 9.17) is 13.6 Å². The molecule has 1 aromatic rings. The predicted molar refractivity (Wildman–Crippen MR) is 115 cm³/mol. The molecule has 35 heavy (non-hydrogen) atoms. The molecule has 3 unspecified atom stereocenters. The maximum absolute atomic E-state index is 12.8. The first-order chi connectivity index (χ1) is 16.4. The summed E-state index contributed by atoms with van der Waals surface area (Å²) in [5.74, 6) is 0. The number of aldehydes is 1. The molecule has 1 saturated heterocycles. The highest BCUT2D eigenvalue weighted by atomic mass is 31.3. The highest BCUT2D eigenvalue weighted by molar-refractivity contribution is 7.67. The minimum absolute atomic E-state index is 0.00519. The van der Waals surface area contributed by atoms with Crippen LogP contribution in [0.1, 0.15) is 18.2 Å². The third kappa shape index (κ3) is 7.59. The number of H-pyrrole nitrogens is 1. The fraction of sp³-hybridized carbons (Fsp3) is 0.667.